The lowest BCUT2D eigenvalue weighted by molar-refractivity contribution is 0.0271. The number of amides is 1. The first-order chi connectivity index (χ1) is 15.8. The van der Waals surface area contributed by atoms with Gasteiger partial charge in [-0.25, -0.2) is 14.9 Å². The zero-order valence-electron chi connectivity index (χ0n) is 19.1. The fourth-order valence-electron chi connectivity index (χ4n) is 3.66. The molecule has 0 aliphatic heterocycles. The van der Waals surface area contributed by atoms with Gasteiger partial charge in [0.15, 0.2) is 5.82 Å². The molecule has 1 heterocycles. The van der Waals surface area contributed by atoms with E-state index in [0.29, 0.717) is 35.3 Å². The van der Waals surface area contributed by atoms with E-state index < -0.39 is 11.7 Å². The average Bonchev–Trinajstić information content (AvgIpc) is 3.50. The van der Waals surface area contributed by atoms with E-state index in [-0.39, 0.29) is 16.8 Å². The molecular weight excluding hydrogens is 445 g/mol. The monoisotopic (exact) mass is 473 g/mol. The molecule has 33 heavy (non-hydrogen) atoms. The molecule has 9 heteroatoms. The summed E-state index contributed by atoms with van der Waals surface area (Å²) >= 11 is 6.06. The van der Waals surface area contributed by atoms with E-state index >= 15 is 4.39 Å². The predicted octanol–water partition coefficient (Wildman–Crippen LogP) is 4.90. The maximum absolute atomic E-state index is 15.7. The standard InChI is InChI=1S/C24H29ClFN5O2/c1-15-11-17(25)7-8-19(15)28-22-18(24(32)29-33-13-16-5-6-16)12-20-23(21(22)26)27-14-31(20)10-4-9-30(2)3/h7-8,11-12,14,16,28H,4-6,9-10,13H2,1-3H3,(H,29,32). The topological polar surface area (TPSA) is 71.4 Å². The summed E-state index contributed by atoms with van der Waals surface area (Å²) in [5.74, 6) is -0.607. The molecule has 3 aromatic rings. The number of nitrogens with zero attached hydrogens (tertiary/aromatic N) is 3. The molecule has 1 amide bonds. The Kier molecular flexibility index (Phi) is 7.17. The quantitative estimate of drug-likeness (QED) is 0.410. The van der Waals surface area contributed by atoms with Gasteiger partial charge in [-0.15, -0.1) is 0 Å². The summed E-state index contributed by atoms with van der Waals surface area (Å²) in [6.45, 7) is 3.87. The Morgan fingerprint density at radius 3 is 2.82 bits per heavy atom. The number of anilines is 2. The number of hydrogen-bond acceptors (Lipinski definition) is 5. The van der Waals surface area contributed by atoms with Crippen LogP contribution >= 0.6 is 11.6 Å². The second kappa shape index (κ2) is 10.1. The van der Waals surface area contributed by atoms with Gasteiger partial charge in [0.1, 0.15) is 5.52 Å². The minimum Gasteiger partial charge on any atom is -0.352 e. The Bertz CT molecular complexity index is 1160. The third-order valence-corrected chi connectivity index (χ3v) is 5.97. The van der Waals surface area contributed by atoms with Crippen molar-refractivity contribution >= 4 is 39.9 Å². The lowest BCUT2D eigenvalue weighted by Crippen LogP contribution is -2.26. The van der Waals surface area contributed by atoms with Gasteiger partial charge in [0.05, 0.1) is 29.7 Å². The van der Waals surface area contributed by atoms with E-state index in [1.165, 1.54) is 0 Å². The van der Waals surface area contributed by atoms with Crippen molar-refractivity contribution in [2.75, 3.05) is 32.6 Å². The summed E-state index contributed by atoms with van der Waals surface area (Å²) in [6, 6.07) is 6.92. The van der Waals surface area contributed by atoms with Crippen LogP contribution in [0.5, 0.6) is 0 Å². The predicted molar refractivity (Wildman–Crippen MR) is 128 cm³/mol. The Balaban J connectivity index is 1.69. The summed E-state index contributed by atoms with van der Waals surface area (Å²) in [7, 11) is 4.01. The van der Waals surface area contributed by atoms with E-state index in [1.54, 1.807) is 30.6 Å². The number of fused-ring (bicyclic) bond motifs is 1. The molecule has 176 valence electrons. The van der Waals surface area contributed by atoms with Crippen molar-refractivity contribution in [2.24, 2.45) is 5.92 Å². The summed E-state index contributed by atoms with van der Waals surface area (Å²) < 4.78 is 17.6. The van der Waals surface area contributed by atoms with Crippen LogP contribution in [0.4, 0.5) is 15.8 Å². The highest BCUT2D eigenvalue weighted by Gasteiger charge is 2.25. The number of halogens is 2. The van der Waals surface area contributed by atoms with Crippen LogP contribution in [0.1, 0.15) is 35.2 Å². The Morgan fingerprint density at radius 2 is 2.12 bits per heavy atom. The van der Waals surface area contributed by atoms with Gasteiger partial charge < -0.3 is 14.8 Å². The van der Waals surface area contributed by atoms with Crippen molar-refractivity contribution in [1.29, 1.82) is 0 Å². The Labute approximate surface area is 197 Å². The normalized spacial score (nSPS) is 13.6. The highest BCUT2D eigenvalue weighted by Crippen LogP contribution is 2.33. The Hall–Kier alpha value is -2.68. The number of rotatable bonds is 10. The molecule has 2 aromatic carbocycles. The molecular formula is C24H29ClFN5O2. The van der Waals surface area contributed by atoms with Gasteiger partial charge in [-0.2, -0.15) is 0 Å². The van der Waals surface area contributed by atoms with Gasteiger partial charge in [-0.05, 0) is 82.6 Å². The number of hydrogen-bond donors (Lipinski definition) is 2. The molecule has 4 rings (SSSR count). The van der Waals surface area contributed by atoms with E-state index in [4.69, 9.17) is 16.4 Å². The van der Waals surface area contributed by atoms with Crippen molar-refractivity contribution in [3.8, 4) is 0 Å². The summed E-state index contributed by atoms with van der Waals surface area (Å²) in [5.41, 5.74) is 4.94. The van der Waals surface area contributed by atoms with Crippen LogP contribution in [0, 0.1) is 18.7 Å². The van der Waals surface area contributed by atoms with Gasteiger partial charge in [-0.3, -0.25) is 9.63 Å². The maximum atomic E-state index is 15.7. The molecule has 0 saturated heterocycles. The van der Waals surface area contributed by atoms with E-state index in [9.17, 15) is 4.79 Å². The molecule has 0 atom stereocenters. The number of imidazole rings is 1. The molecule has 1 saturated carbocycles. The minimum absolute atomic E-state index is 0.0546. The van der Waals surface area contributed by atoms with Crippen LogP contribution in [0.2, 0.25) is 5.02 Å². The van der Waals surface area contributed by atoms with Crippen LogP contribution in [0.3, 0.4) is 0 Å². The van der Waals surface area contributed by atoms with Crippen molar-refractivity contribution in [1.82, 2.24) is 19.9 Å². The molecule has 0 spiro atoms. The molecule has 0 unspecified atom stereocenters. The number of carbonyl (C=O) groups is 1. The number of carbonyl (C=O) groups excluding carboxylic acids is 1. The van der Waals surface area contributed by atoms with Crippen molar-refractivity contribution in [3.63, 3.8) is 0 Å². The fraction of sp³-hybridized carbons (Fsp3) is 0.417. The van der Waals surface area contributed by atoms with E-state index in [0.717, 1.165) is 31.4 Å². The third kappa shape index (κ3) is 5.63. The second-order valence-corrected chi connectivity index (χ2v) is 9.28. The number of hydroxylamine groups is 1. The first-order valence-electron chi connectivity index (χ1n) is 11.1. The fourth-order valence-corrected chi connectivity index (χ4v) is 3.89. The highest BCUT2D eigenvalue weighted by molar-refractivity contribution is 6.30. The molecule has 0 bridgehead atoms. The SMILES string of the molecule is Cc1cc(Cl)ccc1Nc1c(C(=O)NOCC2CC2)cc2c(ncn2CCCN(C)C)c1F. The van der Waals surface area contributed by atoms with Gasteiger partial charge in [0, 0.05) is 17.3 Å². The summed E-state index contributed by atoms with van der Waals surface area (Å²) in [5, 5.41) is 3.66. The lowest BCUT2D eigenvalue weighted by atomic mass is 10.1. The zero-order chi connectivity index (χ0) is 23.5. The molecule has 1 aromatic heterocycles. The smallest absolute Gasteiger partial charge is 0.277 e. The maximum Gasteiger partial charge on any atom is 0.277 e. The largest absolute Gasteiger partial charge is 0.352 e. The van der Waals surface area contributed by atoms with Crippen LogP contribution < -0.4 is 10.8 Å². The summed E-state index contributed by atoms with van der Waals surface area (Å²) in [4.78, 5) is 24.8. The van der Waals surface area contributed by atoms with Crippen LogP contribution in [0.15, 0.2) is 30.6 Å². The lowest BCUT2D eigenvalue weighted by Gasteiger charge is -2.16. The average molecular weight is 474 g/mol. The van der Waals surface area contributed by atoms with E-state index in [1.807, 2.05) is 25.6 Å². The first-order valence-corrected chi connectivity index (χ1v) is 11.5. The first kappa shape index (κ1) is 23.5. The highest BCUT2D eigenvalue weighted by atomic mass is 35.5. The van der Waals surface area contributed by atoms with Crippen LogP contribution in [-0.2, 0) is 11.4 Å². The number of aromatic nitrogens is 2. The Morgan fingerprint density at radius 1 is 1.33 bits per heavy atom. The molecule has 0 radical (unpaired) electrons. The summed E-state index contributed by atoms with van der Waals surface area (Å²) in [6.07, 6.45) is 4.69. The second-order valence-electron chi connectivity index (χ2n) is 8.85. The van der Waals surface area contributed by atoms with Crippen LogP contribution in [0.25, 0.3) is 11.0 Å². The third-order valence-electron chi connectivity index (χ3n) is 5.73. The number of nitrogens with one attached hydrogen (secondary N) is 2. The van der Waals surface area contributed by atoms with Gasteiger partial charge in [-0.1, -0.05) is 11.6 Å². The molecule has 1 aliphatic carbocycles. The number of aryl methyl sites for hydroxylation is 2. The van der Waals surface area contributed by atoms with Gasteiger partial charge >= 0.3 is 0 Å². The molecule has 7 nitrogen and oxygen atoms in total. The number of benzene rings is 2. The molecule has 2 N–H and O–H groups in total. The van der Waals surface area contributed by atoms with Gasteiger partial charge in [0.25, 0.3) is 5.91 Å². The van der Waals surface area contributed by atoms with Crippen LogP contribution in [-0.4, -0.2) is 47.6 Å². The van der Waals surface area contributed by atoms with E-state index in [2.05, 4.69) is 20.7 Å². The minimum atomic E-state index is -0.583. The molecule has 1 aliphatic rings. The molecule has 1 fully saturated rings. The van der Waals surface area contributed by atoms with Crippen molar-refractivity contribution in [3.05, 3.63) is 52.6 Å². The van der Waals surface area contributed by atoms with Crippen molar-refractivity contribution in [2.45, 2.75) is 32.7 Å². The van der Waals surface area contributed by atoms with Crippen molar-refractivity contribution < 1.29 is 14.0 Å². The zero-order valence-corrected chi connectivity index (χ0v) is 19.9. The van der Waals surface area contributed by atoms with Gasteiger partial charge in [0.2, 0.25) is 0 Å².